The van der Waals surface area contributed by atoms with Crippen LogP contribution in [-0.4, -0.2) is 51.2 Å². The van der Waals surface area contributed by atoms with Crippen LogP contribution in [-0.2, 0) is 6.54 Å². The van der Waals surface area contributed by atoms with E-state index in [1.54, 1.807) is 32.4 Å². The molecule has 32 heavy (non-hydrogen) atoms. The van der Waals surface area contributed by atoms with Gasteiger partial charge in [0.25, 0.3) is 5.91 Å². The molecule has 0 saturated carbocycles. The Labute approximate surface area is 189 Å². The van der Waals surface area contributed by atoms with Gasteiger partial charge in [-0.2, -0.15) is 0 Å². The number of piperazine rings is 1. The van der Waals surface area contributed by atoms with E-state index in [4.69, 9.17) is 9.47 Å². The van der Waals surface area contributed by atoms with Crippen LogP contribution in [0.3, 0.4) is 0 Å². The maximum atomic E-state index is 12.7. The summed E-state index contributed by atoms with van der Waals surface area (Å²) in [5.74, 6) is 1.06. The average molecular weight is 432 g/mol. The number of methoxy groups -OCH3 is 2. The van der Waals surface area contributed by atoms with E-state index in [0.717, 1.165) is 32.7 Å². The van der Waals surface area contributed by atoms with Crippen molar-refractivity contribution in [1.29, 1.82) is 0 Å². The smallest absolute Gasteiger partial charge is 0.255 e. The minimum Gasteiger partial charge on any atom is -0.497 e. The van der Waals surface area contributed by atoms with Crippen molar-refractivity contribution in [2.45, 2.75) is 6.54 Å². The number of hydrogen-bond donors (Lipinski definition) is 1. The molecule has 1 saturated heterocycles. The van der Waals surface area contributed by atoms with E-state index in [1.807, 2.05) is 24.3 Å². The van der Waals surface area contributed by atoms with Crippen LogP contribution in [0.15, 0.2) is 72.8 Å². The van der Waals surface area contributed by atoms with Crippen LogP contribution in [0.2, 0.25) is 0 Å². The highest BCUT2D eigenvalue weighted by Gasteiger charge is 2.17. The molecule has 1 amide bonds. The SMILES string of the molecule is COc1ccc(NC(=O)c2ccc(CN3CCN(c4ccccc4)CC3)cc2)c(OC)c1. The van der Waals surface area contributed by atoms with Crippen molar-refractivity contribution in [3.63, 3.8) is 0 Å². The second kappa shape index (κ2) is 10.2. The Morgan fingerprint density at radius 3 is 2.25 bits per heavy atom. The summed E-state index contributed by atoms with van der Waals surface area (Å²) in [7, 11) is 3.16. The lowest BCUT2D eigenvalue weighted by molar-refractivity contribution is 0.102. The average Bonchev–Trinajstić information content (AvgIpc) is 2.85. The Kier molecular flexibility index (Phi) is 6.92. The first-order valence-electron chi connectivity index (χ1n) is 10.8. The molecule has 0 atom stereocenters. The van der Waals surface area contributed by atoms with Crippen LogP contribution in [0.4, 0.5) is 11.4 Å². The monoisotopic (exact) mass is 431 g/mol. The standard InChI is InChI=1S/C26H29N3O3/c1-31-23-12-13-24(25(18-23)32-2)27-26(30)21-10-8-20(9-11-21)19-28-14-16-29(17-15-28)22-6-4-3-5-7-22/h3-13,18H,14-17,19H2,1-2H3,(H,27,30). The first kappa shape index (κ1) is 21.7. The Balaban J connectivity index is 1.32. The van der Waals surface area contributed by atoms with Crippen LogP contribution < -0.4 is 19.7 Å². The fraction of sp³-hybridized carbons (Fsp3) is 0.269. The summed E-state index contributed by atoms with van der Waals surface area (Å²) in [5.41, 5.74) is 3.71. The number of benzene rings is 3. The van der Waals surface area contributed by atoms with Gasteiger partial charge in [0.1, 0.15) is 11.5 Å². The molecule has 3 aromatic rings. The minimum atomic E-state index is -0.170. The number of hydrogen-bond acceptors (Lipinski definition) is 5. The zero-order chi connectivity index (χ0) is 22.3. The van der Waals surface area contributed by atoms with Crippen LogP contribution in [0, 0.1) is 0 Å². The first-order chi connectivity index (χ1) is 15.7. The molecule has 1 N–H and O–H groups in total. The molecule has 3 aromatic carbocycles. The van der Waals surface area contributed by atoms with Gasteiger partial charge in [-0.05, 0) is 42.0 Å². The Hall–Kier alpha value is -3.51. The maximum Gasteiger partial charge on any atom is 0.255 e. The van der Waals surface area contributed by atoms with Gasteiger partial charge in [-0.3, -0.25) is 9.69 Å². The number of ether oxygens (including phenoxy) is 2. The molecule has 1 fully saturated rings. The van der Waals surface area contributed by atoms with Crippen LogP contribution >= 0.6 is 0 Å². The Morgan fingerprint density at radius 1 is 0.875 bits per heavy atom. The maximum absolute atomic E-state index is 12.7. The number of para-hydroxylation sites is 1. The number of nitrogens with zero attached hydrogens (tertiary/aromatic N) is 2. The molecule has 0 aliphatic carbocycles. The molecule has 1 aliphatic heterocycles. The summed E-state index contributed by atoms with van der Waals surface area (Å²) < 4.78 is 10.6. The molecule has 6 heteroatoms. The molecule has 4 rings (SSSR count). The van der Waals surface area contributed by atoms with Crippen molar-refractivity contribution < 1.29 is 14.3 Å². The van der Waals surface area contributed by atoms with Gasteiger partial charge >= 0.3 is 0 Å². The van der Waals surface area contributed by atoms with Crippen LogP contribution in [0.25, 0.3) is 0 Å². The van der Waals surface area contributed by atoms with Crippen molar-refractivity contribution in [2.75, 3.05) is 50.6 Å². The van der Waals surface area contributed by atoms with Gasteiger partial charge in [-0.15, -0.1) is 0 Å². The predicted octanol–water partition coefficient (Wildman–Crippen LogP) is 4.28. The summed E-state index contributed by atoms with van der Waals surface area (Å²) >= 11 is 0. The van der Waals surface area contributed by atoms with E-state index in [1.165, 1.54) is 11.3 Å². The topological polar surface area (TPSA) is 54.0 Å². The van der Waals surface area contributed by atoms with Crippen molar-refractivity contribution >= 4 is 17.3 Å². The normalized spacial score (nSPS) is 14.1. The number of carbonyl (C=O) groups is 1. The number of anilines is 2. The van der Waals surface area contributed by atoms with E-state index >= 15 is 0 Å². The molecule has 0 aromatic heterocycles. The highest BCUT2D eigenvalue weighted by Crippen LogP contribution is 2.29. The fourth-order valence-corrected chi connectivity index (χ4v) is 3.92. The van der Waals surface area contributed by atoms with E-state index < -0.39 is 0 Å². The molecule has 0 radical (unpaired) electrons. The molecule has 0 unspecified atom stereocenters. The van der Waals surface area contributed by atoms with E-state index in [0.29, 0.717) is 22.7 Å². The molecular formula is C26H29N3O3. The number of amides is 1. The highest BCUT2D eigenvalue weighted by molar-refractivity contribution is 6.05. The largest absolute Gasteiger partial charge is 0.497 e. The quantitative estimate of drug-likeness (QED) is 0.605. The van der Waals surface area contributed by atoms with Crippen LogP contribution in [0.1, 0.15) is 15.9 Å². The zero-order valence-corrected chi connectivity index (χ0v) is 18.6. The lowest BCUT2D eigenvalue weighted by Gasteiger charge is -2.36. The summed E-state index contributed by atoms with van der Waals surface area (Å²) in [6.45, 7) is 4.97. The molecule has 6 nitrogen and oxygen atoms in total. The van der Waals surface area contributed by atoms with Gasteiger partial charge in [-0.25, -0.2) is 0 Å². The molecule has 0 spiro atoms. The van der Waals surface area contributed by atoms with Gasteiger partial charge in [0.2, 0.25) is 0 Å². The lowest BCUT2D eigenvalue weighted by Crippen LogP contribution is -2.45. The lowest BCUT2D eigenvalue weighted by atomic mass is 10.1. The second-order valence-corrected chi connectivity index (χ2v) is 7.82. The van der Waals surface area contributed by atoms with Gasteiger partial charge in [0.05, 0.1) is 19.9 Å². The summed E-state index contributed by atoms with van der Waals surface area (Å²) in [4.78, 5) is 17.6. The highest BCUT2D eigenvalue weighted by atomic mass is 16.5. The third kappa shape index (κ3) is 5.21. The van der Waals surface area contributed by atoms with Crippen molar-refractivity contribution in [1.82, 2.24) is 4.90 Å². The minimum absolute atomic E-state index is 0.170. The van der Waals surface area contributed by atoms with Crippen molar-refractivity contribution in [3.8, 4) is 11.5 Å². The molecule has 1 heterocycles. The fourth-order valence-electron chi connectivity index (χ4n) is 3.92. The molecule has 0 bridgehead atoms. The Morgan fingerprint density at radius 2 is 1.59 bits per heavy atom. The van der Waals surface area contributed by atoms with Gasteiger partial charge in [0.15, 0.2) is 0 Å². The number of nitrogens with one attached hydrogen (secondary N) is 1. The summed E-state index contributed by atoms with van der Waals surface area (Å²) in [6.07, 6.45) is 0. The summed E-state index contributed by atoms with van der Waals surface area (Å²) in [5, 5.41) is 2.91. The van der Waals surface area contributed by atoms with E-state index in [-0.39, 0.29) is 5.91 Å². The third-order valence-electron chi connectivity index (χ3n) is 5.77. The van der Waals surface area contributed by atoms with Gasteiger partial charge < -0.3 is 19.7 Å². The molecule has 166 valence electrons. The Bertz CT molecular complexity index is 1030. The summed E-state index contributed by atoms with van der Waals surface area (Å²) in [6, 6.07) is 23.7. The van der Waals surface area contributed by atoms with Crippen molar-refractivity contribution in [2.24, 2.45) is 0 Å². The predicted molar refractivity (Wildman–Crippen MR) is 128 cm³/mol. The van der Waals surface area contributed by atoms with Gasteiger partial charge in [-0.1, -0.05) is 30.3 Å². The second-order valence-electron chi connectivity index (χ2n) is 7.82. The van der Waals surface area contributed by atoms with E-state index in [9.17, 15) is 4.79 Å². The molecular weight excluding hydrogens is 402 g/mol. The van der Waals surface area contributed by atoms with Crippen LogP contribution in [0.5, 0.6) is 11.5 Å². The van der Waals surface area contributed by atoms with Gasteiger partial charge in [0, 0.05) is 50.0 Å². The molecule has 1 aliphatic rings. The number of carbonyl (C=O) groups excluding carboxylic acids is 1. The van der Waals surface area contributed by atoms with Crippen molar-refractivity contribution in [3.05, 3.63) is 83.9 Å². The third-order valence-corrected chi connectivity index (χ3v) is 5.77. The van der Waals surface area contributed by atoms with E-state index in [2.05, 4.69) is 45.4 Å². The zero-order valence-electron chi connectivity index (χ0n) is 18.6. The first-order valence-corrected chi connectivity index (χ1v) is 10.8. The number of rotatable bonds is 7.